The maximum atomic E-state index is 11.7. The highest BCUT2D eigenvalue weighted by Crippen LogP contribution is 2.08. The van der Waals surface area contributed by atoms with Crippen molar-refractivity contribution >= 4 is 5.91 Å². The third kappa shape index (κ3) is 6.03. The highest BCUT2D eigenvalue weighted by molar-refractivity contribution is 5.80. The van der Waals surface area contributed by atoms with E-state index in [4.69, 9.17) is 4.74 Å². The molecule has 0 aliphatic carbocycles. The molecule has 0 spiro atoms. The predicted molar refractivity (Wildman–Crippen MR) is 68.9 cm³/mol. The number of nitrogens with one attached hydrogen (secondary N) is 2. The predicted octanol–water partition coefficient (Wildman–Crippen LogP) is 1.31. The number of unbranched alkanes of at least 4 members (excludes halogenated alkanes) is 1. The molecule has 2 N–H and O–H groups in total. The third-order valence-corrected chi connectivity index (χ3v) is 3.20. The summed E-state index contributed by atoms with van der Waals surface area (Å²) in [6.45, 7) is 7.52. The molecule has 1 aliphatic rings. The van der Waals surface area contributed by atoms with Gasteiger partial charge in [0.1, 0.15) is 6.10 Å². The molecule has 1 heterocycles. The van der Waals surface area contributed by atoms with Crippen molar-refractivity contribution < 1.29 is 9.53 Å². The number of amides is 1. The summed E-state index contributed by atoms with van der Waals surface area (Å²) in [5.41, 5.74) is 0. The number of carbonyl (C=O) groups excluding carboxylic acids is 1. The molecule has 100 valence electrons. The lowest BCUT2D eigenvalue weighted by atomic mass is 10.00. The minimum absolute atomic E-state index is 0.0201. The Morgan fingerprint density at radius 2 is 2.41 bits per heavy atom. The fourth-order valence-electron chi connectivity index (χ4n) is 1.97. The molecule has 1 fully saturated rings. The zero-order valence-electron chi connectivity index (χ0n) is 11.1. The first kappa shape index (κ1) is 14.5. The van der Waals surface area contributed by atoms with E-state index in [-0.39, 0.29) is 12.0 Å². The van der Waals surface area contributed by atoms with Gasteiger partial charge in [0.15, 0.2) is 0 Å². The van der Waals surface area contributed by atoms with Gasteiger partial charge in [-0.2, -0.15) is 0 Å². The molecule has 1 aliphatic heterocycles. The first-order valence-corrected chi connectivity index (χ1v) is 6.84. The Morgan fingerprint density at radius 3 is 3.06 bits per heavy atom. The van der Waals surface area contributed by atoms with Crippen LogP contribution in [0.4, 0.5) is 0 Å². The Morgan fingerprint density at radius 1 is 1.59 bits per heavy atom. The Kier molecular flexibility index (Phi) is 7.21. The van der Waals surface area contributed by atoms with Crippen LogP contribution in [-0.2, 0) is 9.53 Å². The molecule has 0 radical (unpaired) electrons. The molecule has 2 atom stereocenters. The molecule has 4 nitrogen and oxygen atoms in total. The van der Waals surface area contributed by atoms with Crippen molar-refractivity contribution in [1.29, 1.82) is 0 Å². The van der Waals surface area contributed by atoms with E-state index in [9.17, 15) is 4.79 Å². The van der Waals surface area contributed by atoms with Crippen LogP contribution in [0.2, 0.25) is 0 Å². The number of piperidine rings is 1. The first-order chi connectivity index (χ1) is 8.24. The smallest absolute Gasteiger partial charge is 0.248 e. The molecule has 4 heteroatoms. The Labute approximate surface area is 104 Å². The largest absolute Gasteiger partial charge is 0.369 e. The fraction of sp³-hybridized carbons (Fsp3) is 0.923. The molecule has 0 aromatic carbocycles. The summed E-state index contributed by atoms with van der Waals surface area (Å²) in [7, 11) is 0. The molecule has 2 unspecified atom stereocenters. The van der Waals surface area contributed by atoms with Gasteiger partial charge in [-0.3, -0.25) is 4.79 Å². The number of carbonyl (C=O) groups is 1. The monoisotopic (exact) mass is 242 g/mol. The lowest BCUT2D eigenvalue weighted by molar-refractivity contribution is -0.132. The normalized spacial score (nSPS) is 22.1. The molecule has 17 heavy (non-hydrogen) atoms. The minimum atomic E-state index is -0.321. The van der Waals surface area contributed by atoms with Crippen molar-refractivity contribution in [2.75, 3.05) is 26.2 Å². The molecular formula is C13H26N2O2. The van der Waals surface area contributed by atoms with Gasteiger partial charge in [0, 0.05) is 13.2 Å². The number of rotatable bonds is 7. The minimum Gasteiger partial charge on any atom is -0.369 e. The zero-order valence-corrected chi connectivity index (χ0v) is 11.1. The van der Waals surface area contributed by atoms with Crippen LogP contribution in [0.15, 0.2) is 0 Å². The zero-order chi connectivity index (χ0) is 12.5. The highest BCUT2D eigenvalue weighted by atomic mass is 16.5. The fourth-order valence-corrected chi connectivity index (χ4v) is 1.97. The lowest BCUT2D eigenvalue weighted by Crippen LogP contribution is -2.41. The van der Waals surface area contributed by atoms with Crippen LogP contribution in [0.5, 0.6) is 0 Å². The standard InChI is InChI=1S/C13H26N2O2/c1-3-4-8-17-11(2)13(16)15-10-12-6-5-7-14-9-12/h11-12,14H,3-10H2,1-2H3,(H,15,16). The van der Waals surface area contributed by atoms with Gasteiger partial charge in [0.25, 0.3) is 0 Å². The average molecular weight is 242 g/mol. The van der Waals surface area contributed by atoms with Gasteiger partial charge in [0.05, 0.1) is 0 Å². The van der Waals surface area contributed by atoms with Gasteiger partial charge in [-0.25, -0.2) is 0 Å². The average Bonchev–Trinajstić information content (AvgIpc) is 2.37. The maximum absolute atomic E-state index is 11.7. The van der Waals surface area contributed by atoms with E-state index in [2.05, 4.69) is 17.6 Å². The Balaban J connectivity index is 2.10. The third-order valence-electron chi connectivity index (χ3n) is 3.20. The topological polar surface area (TPSA) is 50.4 Å². The maximum Gasteiger partial charge on any atom is 0.248 e. The summed E-state index contributed by atoms with van der Waals surface area (Å²) in [5.74, 6) is 0.599. The van der Waals surface area contributed by atoms with Crippen LogP contribution in [0.3, 0.4) is 0 Å². The molecule has 0 aromatic rings. The van der Waals surface area contributed by atoms with Crippen molar-refractivity contribution in [3.05, 3.63) is 0 Å². The van der Waals surface area contributed by atoms with E-state index in [0.717, 1.165) is 32.5 Å². The van der Waals surface area contributed by atoms with Gasteiger partial charge >= 0.3 is 0 Å². The quantitative estimate of drug-likeness (QED) is 0.662. The first-order valence-electron chi connectivity index (χ1n) is 6.84. The highest BCUT2D eigenvalue weighted by Gasteiger charge is 2.17. The number of hydrogen-bond donors (Lipinski definition) is 2. The number of hydrogen-bond acceptors (Lipinski definition) is 3. The van der Waals surface area contributed by atoms with E-state index in [0.29, 0.717) is 12.5 Å². The van der Waals surface area contributed by atoms with Crippen molar-refractivity contribution in [3.63, 3.8) is 0 Å². The summed E-state index contributed by atoms with van der Waals surface area (Å²) in [5, 5.41) is 6.32. The van der Waals surface area contributed by atoms with Gasteiger partial charge in [-0.1, -0.05) is 13.3 Å². The summed E-state index contributed by atoms with van der Waals surface area (Å²) >= 11 is 0. The van der Waals surface area contributed by atoms with E-state index >= 15 is 0 Å². The summed E-state index contributed by atoms with van der Waals surface area (Å²) < 4.78 is 5.46. The second-order valence-corrected chi connectivity index (χ2v) is 4.82. The second kappa shape index (κ2) is 8.48. The van der Waals surface area contributed by atoms with Crippen LogP contribution in [0.1, 0.15) is 39.5 Å². The Hall–Kier alpha value is -0.610. The number of ether oxygens (including phenoxy) is 1. The van der Waals surface area contributed by atoms with Crippen LogP contribution in [0.25, 0.3) is 0 Å². The van der Waals surface area contributed by atoms with Crippen molar-refractivity contribution in [2.24, 2.45) is 5.92 Å². The van der Waals surface area contributed by atoms with Crippen molar-refractivity contribution in [3.8, 4) is 0 Å². The van der Waals surface area contributed by atoms with Gasteiger partial charge < -0.3 is 15.4 Å². The summed E-state index contributed by atoms with van der Waals surface area (Å²) in [4.78, 5) is 11.7. The second-order valence-electron chi connectivity index (χ2n) is 4.82. The van der Waals surface area contributed by atoms with Crippen LogP contribution in [0, 0.1) is 5.92 Å². The van der Waals surface area contributed by atoms with E-state index in [1.807, 2.05) is 6.92 Å². The molecule has 1 saturated heterocycles. The molecular weight excluding hydrogens is 216 g/mol. The summed E-state index contributed by atoms with van der Waals surface area (Å²) in [6.07, 6.45) is 4.21. The molecule has 0 bridgehead atoms. The molecule has 1 amide bonds. The van der Waals surface area contributed by atoms with E-state index < -0.39 is 0 Å². The van der Waals surface area contributed by atoms with Crippen LogP contribution in [-0.4, -0.2) is 38.3 Å². The van der Waals surface area contributed by atoms with Crippen LogP contribution < -0.4 is 10.6 Å². The summed E-state index contributed by atoms with van der Waals surface area (Å²) in [6, 6.07) is 0. The van der Waals surface area contributed by atoms with E-state index in [1.54, 1.807) is 0 Å². The molecule has 0 saturated carbocycles. The van der Waals surface area contributed by atoms with Crippen LogP contribution >= 0.6 is 0 Å². The van der Waals surface area contributed by atoms with Gasteiger partial charge in [-0.15, -0.1) is 0 Å². The van der Waals surface area contributed by atoms with E-state index in [1.165, 1.54) is 12.8 Å². The van der Waals surface area contributed by atoms with Gasteiger partial charge in [-0.05, 0) is 45.2 Å². The van der Waals surface area contributed by atoms with Crippen molar-refractivity contribution in [2.45, 2.75) is 45.6 Å². The van der Waals surface area contributed by atoms with Gasteiger partial charge in [0.2, 0.25) is 5.91 Å². The SMILES string of the molecule is CCCCOC(C)C(=O)NCC1CCCNC1. The molecule has 0 aromatic heterocycles. The Bertz CT molecular complexity index is 215. The molecule has 1 rings (SSSR count). The lowest BCUT2D eigenvalue weighted by Gasteiger charge is -2.23. The van der Waals surface area contributed by atoms with Crippen molar-refractivity contribution in [1.82, 2.24) is 10.6 Å².